The van der Waals surface area contributed by atoms with Crippen molar-refractivity contribution in [3.05, 3.63) is 23.8 Å². The van der Waals surface area contributed by atoms with E-state index in [9.17, 15) is 14.7 Å². The Kier molecular flexibility index (Phi) is 4.95. The molecule has 3 N–H and O–H groups in total. The summed E-state index contributed by atoms with van der Waals surface area (Å²) in [6, 6.07) is 3.75. The highest BCUT2D eigenvalue weighted by Crippen LogP contribution is 2.24. The first-order valence-electron chi connectivity index (χ1n) is 6.68. The molecule has 1 unspecified atom stereocenters. The summed E-state index contributed by atoms with van der Waals surface area (Å²) in [6.07, 6.45) is 0. The number of esters is 1. The van der Waals surface area contributed by atoms with Gasteiger partial charge in [-0.25, -0.2) is 4.79 Å². The maximum Gasteiger partial charge on any atom is 0.329 e. The van der Waals surface area contributed by atoms with Crippen LogP contribution in [-0.2, 0) is 9.53 Å². The number of amides is 1. The van der Waals surface area contributed by atoms with E-state index < -0.39 is 12.0 Å². The van der Waals surface area contributed by atoms with Gasteiger partial charge in [-0.15, -0.1) is 0 Å². The predicted octanol–water partition coefficient (Wildman–Crippen LogP) is 1.10. The maximum atomic E-state index is 12.5. The Morgan fingerprint density at radius 3 is 2.95 bits per heavy atom. The minimum atomic E-state index is -0.587. The van der Waals surface area contributed by atoms with E-state index in [-0.39, 0.29) is 24.0 Å². The SMILES string of the molecule is CCOC(=O)C1CSCCN1C(=O)c1ccc(N)c(O)c1. The molecule has 1 saturated heterocycles. The topological polar surface area (TPSA) is 92.9 Å². The third kappa shape index (κ3) is 3.41. The highest BCUT2D eigenvalue weighted by atomic mass is 32.2. The van der Waals surface area contributed by atoms with Gasteiger partial charge in [-0.05, 0) is 25.1 Å². The van der Waals surface area contributed by atoms with Crippen LogP contribution in [0.4, 0.5) is 5.69 Å². The first-order chi connectivity index (χ1) is 10.0. The quantitative estimate of drug-likeness (QED) is 0.493. The van der Waals surface area contributed by atoms with E-state index >= 15 is 0 Å². The van der Waals surface area contributed by atoms with E-state index in [0.717, 1.165) is 5.75 Å². The van der Waals surface area contributed by atoms with Gasteiger partial charge in [0.15, 0.2) is 0 Å². The van der Waals surface area contributed by atoms with Crippen LogP contribution < -0.4 is 5.73 Å². The molecule has 1 aliphatic rings. The number of rotatable bonds is 3. The smallest absolute Gasteiger partial charge is 0.329 e. The lowest BCUT2D eigenvalue weighted by molar-refractivity contribution is -0.147. The Morgan fingerprint density at radius 2 is 2.29 bits per heavy atom. The molecular weight excluding hydrogens is 292 g/mol. The number of hydrogen-bond acceptors (Lipinski definition) is 6. The highest BCUT2D eigenvalue weighted by molar-refractivity contribution is 7.99. The van der Waals surface area contributed by atoms with Crippen molar-refractivity contribution in [2.75, 3.05) is 30.4 Å². The minimum Gasteiger partial charge on any atom is -0.506 e. The molecule has 1 aromatic carbocycles. The summed E-state index contributed by atoms with van der Waals surface area (Å²) >= 11 is 1.62. The van der Waals surface area contributed by atoms with Gasteiger partial charge in [0.05, 0.1) is 12.3 Å². The van der Waals surface area contributed by atoms with Gasteiger partial charge < -0.3 is 20.5 Å². The maximum absolute atomic E-state index is 12.5. The number of nitrogen functional groups attached to an aromatic ring is 1. The summed E-state index contributed by atoms with van der Waals surface area (Å²) in [5.41, 5.74) is 6.05. The van der Waals surface area contributed by atoms with Crippen molar-refractivity contribution in [3.63, 3.8) is 0 Å². The average molecular weight is 310 g/mol. The Balaban J connectivity index is 2.21. The van der Waals surface area contributed by atoms with Gasteiger partial charge in [-0.2, -0.15) is 11.8 Å². The van der Waals surface area contributed by atoms with Crippen molar-refractivity contribution in [1.29, 1.82) is 0 Å². The number of hydrogen-bond donors (Lipinski definition) is 2. The molecule has 1 aliphatic heterocycles. The minimum absolute atomic E-state index is 0.139. The van der Waals surface area contributed by atoms with Crippen LogP contribution in [0.2, 0.25) is 0 Å². The summed E-state index contributed by atoms with van der Waals surface area (Å²) in [5.74, 6) is 0.454. The summed E-state index contributed by atoms with van der Waals surface area (Å²) < 4.78 is 5.02. The van der Waals surface area contributed by atoms with Crippen LogP contribution in [0.25, 0.3) is 0 Å². The molecule has 1 atom stereocenters. The van der Waals surface area contributed by atoms with E-state index in [1.807, 2.05) is 0 Å². The molecule has 1 aromatic rings. The third-order valence-corrected chi connectivity index (χ3v) is 4.25. The zero-order valence-corrected chi connectivity index (χ0v) is 12.6. The van der Waals surface area contributed by atoms with Gasteiger partial charge in [-0.1, -0.05) is 0 Å². The molecule has 1 amide bonds. The second-order valence-corrected chi connectivity index (χ2v) is 5.76. The van der Waals surface area contributed by atoms with Crippen LogP contribution in [0.1, 0.15) is 17.3 Å². The standard InChI is InChI=1S/C14H18N2O4S/c1-2-20-14(19)11-8-21-6-5-16(11)13(18)9-3-4-10(15)12(17)7-9/h3-4,7,11,17H,2,5-6,8,15H2,1H3. The molecule has 21 heavy (non-hydrogen) atoms. The van der Waals surface area contributed by atoms with Crippen molar-refractivity contribution >= 4 is 29.3 Å². The molecule has 0 saturated carbocycles. The van der Waals surface area contributed by atoms with Crippen molar-refractivity contribution in [2.45, 2.75) is 13.0 Å². The van der Waals surface area contributed by atoms with E-state index in [2.05, 4.69) is 0 Å². The zero-order valence-electron chi connectivity index (χ0n) is 11.7. The van der Waals surface area contributed by atoms with Gasteiger partial charge in [0.25, 0.3) is 5.91 Å². The number of nitrogens with two attached hydrogens (primary N) is 1. The average Bonchev–Trinajstić information content (AvgIpc) is 2.49. The molecule has 2 rings (SSSR count). The number of carbonyl (C=O) groups is 2. The second-order valence-electron chi connectivity index (χ2n) is 4.61. The molecule has 0 aromatic heterocycles. The molecule has 1 heterocycles. The molecule has 7 heteroatoms. The third-order valence-electron chi connectivity index (χ3n) is 3.23. The van der Waals surface area contributed by atoms with Gasteiger partial charge >= 0.3 is 5.97 Å². The monoisotopic (exact) mass is 310 g/mol. The van der Waals surface area contributed by atoms with Crippen LogP contribution in [0.5, 0.6) is 5.75 Å². The molecule has 6 nitrogen and oxygen atoms in total. The first kappa shape index (κ1) is 15.5. The van der Waals surface area contributed by atoms with E-state index in [1.54, 1.807) is 24.8 Å². The lowest BCUT2D eigenvalue weighted by atomic mass is 10.1. The van der Waals surface area contributed by atoms with Crippen molar-refractivity contribution < 1.29 is 19.4 Å². The Hall–Kier alpha value is -1.89. The Morgan fingerprint density at radius 1 is 1.52 bits per heavy atom. The van der Waals surface area contributed by atoms with Crippen LogP contribution in [0.15, 0.2) is 18.2 Å². The number of benzene rings is 1. The number of nitrogens with zero attached hydrogens (tertiary/aromatic N) is 1. The second kappa shape index (κ2) is 6.71. The van der Waals surface area contributed by atoms with E-state index in [0.29, 0.717) is 17.9 Å². The van der Waals surface area contributed by atoms with Crippen molar-refractivity contribution in [3.8, 4) is 5.75 Å². The molecule has 0 spiro atoms. The van der Waals surface area contributed by atoms with Gasteiger partial charge in [0.1, 0.15) is 11.8 Å². The Labute approximate surface area is 127 Å². The number of thioether (sulfide) groups is 1. The van der Waals surface area contributed by atoms with Crippen molar-refractivity contribution in [2.24, 2.45) is 0 Å². The van der Waals surface area contributed by atoms with Crippen LogP contribution >= 0.6 is 11.8 Å². The number of phenols is 1. The first-order valence-corrected chi connectivity index (χ1v) is 7.84. The number of anilines is 1. The number of carbonyl (C=O) groups excluding carboxylic acids is 2. The number of ether oxygens (including phenoxy) is 1. The lowest BCUT2D eigenvalue weighted by Gasteiger charge is -2.33. The summed E-state index contributed by atoms with van der Waals surface area (Å²) in [6.45, 7) is 2.49. The lowest BCUT2D eigenvalue weighted by Crippen LogP contribution is -2.51. The summed E-state index contributed by atoms with van der Waals surface area (Å²) in [4.78, 5) is 26.0. The zero-order chi connectivity index (χ0) is 15.4. The summed E-state index contributed by atoms with van der Waals surface area (Å²) in [5, 5.41) is 9.62. The van der Waals surface area contributed by atoms with Crippen LogP contribution in [0.3, 0.4) is 0 Å². The molecule has 0 aliphatic carbocycles. The molecule has 1 fully saturated rings. The largest absolute Gasteiger partial charge is 0.506 e. The number of aromatic hydroxyl groups is 1. The van der Waals surface area contributed by atoms with E-state index in [1.165, 1.54) is 17.0 Å². The molecule has 0 radical (unpaired) electrons. The van der Waals surface area contributed by atoms with Gasteiger partial charge in [0.2, 0.25) is 0 Å². The molecular formula is C14H18N2O4S. The fourth-order valence-corrected chi connectivity index (χ4v) is 3.15. The van der Waals surface area contributed by atoms with Crippen molar-refractivity contribution in [1.82, 2.24) is 4.90 Å². The highest BCUT2D eigenvalue weighted by Gasteiger charge is 2.34. The predicted molar refractivity (Wildman–Crippen MR) is 81.3 cm³/mol. The molecule has 114 valence electrons. The summed E-state index contributed by atoms with van der Waals surface area (Å²) in [7, 11) is 0. The normalized spacial score (nSPS) is 18.3. The Bertz CT molecular complexity index is 550. The fraction of sp³-hybridized carbons (Fsp3) is 0.429. The van der Waals surface area contributed by atoms with E-state index in [4.69, 9.17) is 10.5 Å². The van der Waals surface area contributed by atoms with Crippen LogP contribution in [-0.4, -0.2) is 52.6 Å². The van der Waals surface area contributed by atoms with Crippen LogP contribution in [0, 0.1) is 0 Å². The molecule has 0 bridgehead atoms. The van der Waals surface area contributed by atoms with Gasteiger partial charge in [0, 0.05) is 23.6 Å². The fourth-order valence-electron chi connectivity index (χ4n) is 2.12. The number of phenolic OH excluding ortho intramolecular Hbond substituents is 1. The van der Waals surface area contributed by atoms with Gasteiger partial charge in [-0.3, -0.25) is 4.79 Å².